The number of hydrogen-bond acceptors (Lipinski definition) is 4. The molecule has 0 radical (unpaired) electrons. The number of aliphatic carboxylic acids is 1. The summed E-state index contributed by atoms with van der Waals surface area (Å²) in [4.78, 5) is 11.3. The molecule has 0 saturated heterocycles. The average Bonchev–Trinajstić information content (AvgIpc) is 2.78. The molecule has 0 bridgehead atoms. The van der Waals surface area contributed by atoms with Crippen LogP contribution in [0.3, 0.4) is 0 Å². The summed E-state index contributed by atoms with van der Waals surface area (Å²) in [6.45, 7) is 0. The van der Waals surface area contributed by atoms with Crippen LogP contribution < -0.4 is 4.72 Å². The minimum absolute atomic E-state index is 0.0286. The van der Waals surface area contributed by atoms with E-state index in [9.17, 15) is 18.3 Å². The number of aromatic nitrogens is 2. The first-order chi connectivity index (χ1) is 9.00. The van der Waals surface area contributed by atoms with Gasteiger partial charge in [0.05, 0.1) is 12.1 Å². The summed E-state index contributed by atoms with van der Waals surface area (Å²) in [5.41, 5.74) is 0. The van der Waals surface area contributed by atoms with Gasteiger partial charge in [-0.15, -0.1) is 0 Å². The number of carboxylic acid groups (broad SMARTS) is 1. The van der Waals surface area contributed by atoms with Crippen molar-refractivity contribution in [1.29, 1.82) is 0 Å². The van der Waals surface area contributed by atoms with Crippen molar-refractivity contribution in [1.82, 2.24) is 14.9 Å². The number of H-pyrrole nitrogens is 1. The molecule has 2 unspecified atom stereocenters. The molecule has 106 valence electrons. The number of sulfonamides is 1. The van der Waals surface area contributed by atoms with Crippen molar-refractivity contribution in [3.8, 4) is 0 Å². The first-order valence-corrected chi connectivity index (χ1v) is 7.73. The van der Waals surface area contributed by atoms with Gasteiger partial charge in [-0.3, -0.25) is 9.89 Å². The Morgan fingerprint density at radius 1 is 1.37 bits per heavy atom. The van der Waals surface area contributed by atoms with Crippen molar-refractivity contribution < 1.29 is 18.3 Å². The molecule has 1 aliphatic carbocycles. The molecule has 0 amide bonds. The van der Waals surface area contributed by atoms with Gasteiger partial charge in [0.1, 0.15) is 4.90 Å². The predicted octanol–water partition coefficient (Wildman–Crippen LogP) is 0.722. The van der Waals surface area contributed by atoms with Gasteiger partial charge in [0, 0.05) is 12.2 Å². The fourth-order valence-corrected chi connectivity index (χ4v) is 3.61. The van der Waals surface area contributed by atoms with E-state index in [2.05, 4.69) is 14.9 Å². The second-order valence-electron chi connectivity index (χ2n) is 4.74. The number of rotatable bonds is 4. The van der Waals surface area contributed by atoms with E-state index in [1.54, 1.807) is 0 Å². The van der Waals surface area contributed by atoms with E-state index >= 15 is 0 Å². The maximum Gasteiger partial charge on any atom is 0.308 e. The van der Waals surface area contributed by atoms with E-state index in [1.165, 1.54) is 12.4 Å². The Kier molecular flexibility index (Phi) is 4.20. The third kappa shape index (κ3) is 3.32. The molecule has 19 heavy (non-hydrogen) atoms. The van der Waals surface area contributed by atoms with Crippen LogP contribution in [0.5, 0.6) is 0 Å². The fourth-order valence-electron chi connectivity index (χ4n) is 2.40. The predicted molar refractivity (Wildman–Crippen MR) is 66.9 cm³/mol. The molecule has 3 N–H and O–H groups in total. The molecule has 1 aromatic rings. The SMILES string of the molecule is O=C(O)C1CCCCCC1NS(=O)(=O)c1cn[nH]c1. The van der Waals surface area contributed by atoms with Gasteiger partial charge in [-0.2, -0.15) is 5.10 Å². The molecule has 2 atom stereocenters. The number of aromatic amines is 1. The van der Waals surface area contributed by atoms with E-state index < -0.39 is 28.0 Å². The highest BCUT2D eigenvalue weighted by Gasteiger charge is 2.33. The van der Waals surface area contributed by atoms with Gasteiger partial charge in [0.25, 0.3) is 0 Å². The zero-order valence-corrected chi connectivity index (χ0v) is 11.2. The highest BCUT2D eigenvalue weighted by molar-refractivity contribution is 7.89. The van der Waals surface area contributed by atoms with Gasteiger partial charge in [-0.1, -0.05) is 19.3 Å². The van der Waals surface area contributed by atoms with Gasteiger partial charge in [-0.25, -0.2) is 13.1 Å². The Bertz CT molecular complexity index is 526. The van der Waals surface area contributed by atoms with Gasteiger partial charge >= 0.3 is 5.97 Å². The average molecular weight is 287 g/mol. The standard InChI is InChI=1S/C11H17N3O4S/c15-11(16)9-4-2-1-3-5-10(9)14-19(17,18)8-6-12-13-7-8/h6-7,9-10,14H,1-5H2,(H,12,13)(H,15,16). The van der Waals surface area contributed by atoms with Crippen LogP contribution >= 0.6 is 0 Å². The third-order valence-corrected chi connectivity index (χ3v) is 4.88. The molecule has 1 heterocycles. The van der Waals surface area contributed by atoms with Crippen LogP contribution in [0.1, 0.15) is 32.1 Å². The molecule has 7 nitrogen and oxygen atoms in total. The van der Waals surface area contributed by atoms with Crippen LogP contribution in [0.25, 0.3) is 0 Å². The van der Waals surface area contributed by atoms with Crippen molar-refractivity contribution in [2.75, 3.05) is 0 Å². The summed E-state index contributed by atoms with van der Waals surface area (Å²) >= 11 is 0. The van der Waals surface area contributed by atoms with E-state index in [4.69, 9.17) is 0 Å². The Balaban J connectivity index is 2.17. The zero-order valence-electron chi connectivity index (χ0n) is 10.4. The minimum Gasteiger partial charge on any atom is -0.481 e. The second-order valence-corrected chi connectivity index (χ2v) is 6.46. The maximum atomic E-state index is 12.1. The molecule has 2 rings (SSSR count). The van der Waals surface area contributed by atoms with Gasteiger partial charge in [0.2, 0.25) is 10.0 Å². The van der Waals surface area contributed by atoms with Crippen molar-refractivity contribution in [3.05, 3.63) is 12.4 Å². The Morgan fingerprint density at radius 3 is 2.74 bits per heavy atom. The number of carboxylic acids is 1. The van der Waals surface area contributed by atoms with Gasteiger partial charge in [0.15, 0.2) is 0 Å². The molecule has 1 aromatic heterocycles. The molecule has 0 aromatic carbocycles. The number of nitrogens with one attached hydrogen (secondary N) is 2. The second kappa shape index (κ2) is 5.70. The van der Waals surface area contributed by atoms with Crippen LogP contribution in [0.15, 0.2) is 17.3 Å². The van der Waals surface area contributed by atoms with Crippen molar-refractivity contribution in [3.63, 3.8) is 0 Å². The highest BCUT2D eigenvalue weighted by atomic mass is 32.2. The van der Waals surface area contributed by atoms with Crippen molar-refractivity contribution >= 4 is 16.0 Å². The Hall–Kier alpha value is -1.41. The fraction of sp³-hybridized carbons (Fsp3) is 0.636. The van der Waals surface area contributed by atoms with Crippen LogP contribution in [0, 0.1) is 5.92 Å². The highest BCUT2D eigenvalue weighted by Crippen LogP contribution is 2.25. The van der Waals surface area contributed by atoms with Crippen LogP contribution in [-0.2, 0) is 14.8 Å². The quantitative estimate of drug-likeness (QED) is 0.706. The largest absolute Gasteiger partial charge is 0.481 e. The monoisotopic (exact) mass is 287 g/mol. The topological polar surface area (TPSA) is 112 Å². The summed E-state index contributed by atoms with van der Waals surface area (Å²) in [6.07, 6.45) is 6.13. The summed E-state index contributed by atoms with van der Waals surface area (Å²) in [6, 6.07) is -0.556. The van der Waals surface area contributed by atoms with Crippen molar-refractivity contribution in [2.45, 2.75) is 43.0 Å². The third-order valence-electron chi connectivity index (χ3n) is 3.42. The molecular formula is C11H17N3O4S. The molecule has 1 saturated carbocycles. The smallest absolute Gasteiger partial charge is 0.308 e. The molecule has 8 heteroatoms. The van der Waals surface area contributed by atoms with Crippen molar-refractivity contribution in [2.24, 2.45) is 5.92 Å². The van der Waals surface area contributed by atoms with E-state index in [0.717, 1.165) is 19.3 Å². The lowest BCUT2D eigenvalue weighted by Crippen LogP contribution is -2.42. The van der Waals surface area contributed by atoms with E-state index in [0.29, 0.717) is 12.8 Å². The summed E-state index contributed by atoms with van der Waals surface area (Å²) < 4.78 is 26.7. The van der Waals surface area contributed by atoms with E-state index in [-0.39, 0.29) is 4.90 Å². The Labute approximate surface area is 111 Å². The summed E-state index contributed by atoms with van der Waals surface area (Å²) in [5, 5.41) is 15.2. The lowest BCUT2D eigenvalue weighted by atomic mass is 9.96. The van der Waals surface area contributed by atoms with Gasteiger partial charge < -0.3 is 5.11 Å². The normalized spacial score (nSPS) is 24.8. The minimum atomic E-state index is -3.71. The lowest BCUT2D eigenvalue weighted by Gasteiger charge is -2.22. The summed E-state index contributed by atoms with van der Waals surface area (Å²) in [5.74, 6) is -1.61. The maximum absolute atomic E-state index is 12.1. The molecule has 0 spiro atoms. The lowest BCUT2D eigenvalue weighted by molar-refractivity contribution is -0.142. The molecule has 1 aliphatic rings. The van der Waals surface area contributed by atoms with Crippen LogP contribution in [0.4, 0.5) is 0 Å². The zero-order chi connectivity index (χ0) is 13.9. The number of carbonyl (C=O) groups is 1. The number of nitrogens with zero attached hydrogens (tertiary/aromatic N) is 1. The summed E-state index contributed by atoms with van der Waals surface area (Å²) in [7, 11) is -3.71. The Morgan fingerprint density at radius 2 is 2.11 bits per heavy atom. The molecule has 1 fully saturated rings. The first kappa shape index (κ1) is 14.0. The van der Waals surface area contributed by atoms with Crippen LogP contribution in [-0.4, -0.2) is 35.7 Å². The first-order valence-electron chi connectivity index (χ1n) is 6.24. The molecule has 0 aliphatic heterocycles. The number of hydrogen-bond donors (Lipinski definition) is 3. The molecular weight excluding hydrogens is 270 g/mol. The van der Waals surface area contributed by atoms with E-state index in [1.807, 2.05) is 0 Å². The van der Waals surface area contributed by atoms with Crippen LogP contribution in [0.2, 0.25) is 0 Å². The van der Waals surface area contributed by atoms with Gasteiger partial charge in [-0.05, 0) is 12.8 Å².